The summed E-state index contributed by atoms with van der Waals surface area (Å²) in [6.07, 6.45) is 3.25. The van der Waals surface area contributed by atoms with Gasteiger partial charge < -0.3 is 5.11 Å². The predicted molar refractivity (Wildman–Crippen MR) is 64.9 cm³/mol. The number of aromatic nitrogens is 2. The van der Waals surface area contributed by atoms with E-state index in [9.17, 15) is 4.79 Å². The zero-order valence-electron chi connectivity index (χ0n) is 9.37. The van der Waals surface area contributed by atoms with Crippen LogP contribution in [0.2, 0.25) is 0 Å². The van der Waals surface area contributed by atoms with Gasteiger partial charge >= 0.3 is 5.97 Å². The quantitative estimate of drug-likeness (QED) is 0.820. The fourth-order valence-electron chi connectivity index (χ4n) is 1.49. The van der Waals surface area contributed by atoms with Crippen molar-refractivity contribution in [3.8, 4) is 5.69 Å². The molecule has 17 heavy (non-hydrogen) atoms. The summed E-state index contributed by atoms with van der Waals surface area (Å²) in [5, 5.41) is 13.0. The minimum atomic E-state index is -0.925. The van der Waals surface area contributed by atoms with Gasteiger partial charge in [-0.25, -0.2) is 9.48 Å². The Balaban J connectivity index is 2.43. The van der Waals surface area contributed by atoms with Crippen molar-refractivity contribution in [3.05, 3.63) is 53.9 Å². The second kappa shape index (κ2) is 4.65. The summed E-state index contributed by atoms with van der Waals surface area (Å²) >= 11 is 0. The van der Waals surface area contributed by atoms with Crippen molar-refractivity contribution in [1.82, 2.24) is 9.78 Å². The van der Waals surface area contributed by atoms with Crippen LogP contribution in [-0.4, -0.2) is 20.9 Å². The van der Waals surface area contributed by atoms with Crippen LogP contribution in [0.1, 0.15) is 12.6 Å². The monoisotopic (exact) mass is 228 g/mol. The average Bonchev–Trinajstić information content (AvgIpc) is 2.78. The van der Waals surface area contributed by atoms with Gasteiger partial charge in [-0.1, -0.05) is 18.2 Å². The molecule has 0 fully saturated rings. The Morgan fingerprint density at radius 3 is 2.65 bits per heavy atom. The van der Waals surface area contributed by atoms with Crippen LogP contribution in [0.15, 0.2) is 48.2 Å². The first-order valence-corrected chi connectivity index (χ1v) is 5.19. The van der Waals surface area contributed by atoms with E-state index in [2.05, 4.69) is 5.10 Å². The van der Waals surface area contributed by atoms with Crippen LogP contribution in [0.3, 0.4) is 0 Å². The maximum Gasteiger partial charge on any atom is 0.331 e. The fourth-order valence-corrected chi connectivity index (χ4v) is 1.49. The van der Waals surface area contributed by atoms with Crippen molar-refractivity contribution >= 4 is 12.0 Å². The lowest BCUT2D eigenvalue weighted by Crippen LogP contribution is -2.01. The third-order valence-corrected chi connectivity index (χ3v) is 2.37. The van der Waals surface area contributed by atoms with Crippen LogP contribution in [-0.2, 0) is 4.79 Å². The molecule has 0 spiro atoms. The summed E-state index contributed by atoms with van der Waals surface area (Å²) in [6.45, 7) is 1.56. The van der Waals surface area contributed by atoms with E-state index in [4.69, 9.17) is 5.11 Å². The van der Waals surface area contributed by atoms with Crippen molar-refractivity contribution in [2.24, 2.45) is 0 Å². The van der Waals surface area contributed by atoms with E-state index in [1.54, 1.807) is 29.9 Å². The van der Waals surface area contributed by atoms with E-state index in [0.29, 0.717) is 0 Å². The van der Waals surface area contributed by atoms with Gasteiger partial charge in [0.2, 0.25) is 0 Å². The van der Waals surface area contributed by atoms with Gasteiger partial charge in [0, 0.05) is 5.57 Å². The van der Waals surface area contributed by atoms with Crippen molar-refractivity contribution < 1.29 is 9.90 Å². The summed E-state index contributed by atoms with van der Waals surface area (Å²) in [5.41, 5.74) is 1.93. The minimum Gasteiger partial charge on any atom is -0.478 e. The van der Waals surface area contributed by atoms with Gasteiger partial charge in [-0.2, -0.15) is 5.10 Å². The highest BCUT2D eigenvalue weighted by Gasteiger charge is 2.05. The van der Waals surface area contributed by atoms with Crippen LogP contribution in [0.4, 0.5) is 0 Å². The number of hydrogen-bond acceptors (Lipinski definition) is 2. The number of rotatable bonds is 3. The molecule has 0 unspecified atom stereocenters. The number of hydrogen-bond donors (Lipinski definition) is 1. The normalized spacial score (nSPS) is 11.5. The molecule has 1 aromatic heterocycles. The molecule has 2 aromatic rings. The Morgan fingerprint density at radius 1 is 1.29 bits per heavy atom. The maximum absolute atomic E-state index is 10.8. The number of carboxylic acid groups (broad SMARTS) is 1. The molecule has 0 saturated heterocycles. The van der Waals surface area contributed by atoms with Crippen LogP contribution < -0.4 is 0 Å². The van der Waals surface area contributed by atoms with Crippen molar-refractivity contribution in [2.45, 2.75) is 6.92 Å². The lowest BCUT2D eigenvalue weighted by atomic mass is 10.2. The molecule has 1 aromatic carbocycles. The van der Waals surface area contributed by atoms with Crippen LogP contribution in [0, 0.1) is 0 Å². The zero-order valence-corrected chi connectivity index (χ0v) is 9.37. The minimum absolute atomic E-state index is 0.280. The molecule has 1 heterocycles. The van der Waals surface area contributed by atoms with E-state index in [1.165, 1.54) is 0 Å². The molecule has 0 aliphatic heterocycles. The van der Waals surface area contributed by atoms with E-state index in [-0.39, 0.29) is 5.57 Å². The highest BCUT2D eigenvalue weighted by atomic mass is 16.4. The van der Waals surface area contributed by atoms with E-state index in [0.717, 1.165) is 11.4 Å². The third kappa shape index (κ3) is 2.42. The van der Waals surface area contributed by atoms with Gasteiger partial charge in [-0.15, -0.1) is 0 Å². The Kier molecular flexibility index (Phi) is 3.05. The smallest absolute Gasteiger partial charge is 0.331 e. The average molecular weight is 228 g/mol. The molecule has 4 heteroatoms. The van der Waals surface area contributed by atoms with Gasteiger partial charge in [0.15, 0.2) is 0 Å². The van der Waals surface area contributed by atoms with Gasteiger partial charge in [0.1, 0.15) is 0 Å². The first-order valence-electron chi connectivity index (χ1n) is 5.19. The number of carbonyl (C=O) groups is 1. The molecule has 1 N–H and O–H groups in total. The summed E-state index contributed by atoms with van der Waals surface area (Å²) in [7, 11) is 0. The molecular formula is C13H12N2O2. The van der Waals surface area contributed by atoms with Crippen LogP contribution in [0.5, 0.6) is 0 Å². The molecule has 4 nitrogen and oxygen atoms in total. The number of carboxylic acids is 1. The number of benzene rings is 1. The molecular weight excluding hydrogens is 216 g/mol. The van der Waals surface area contributed by atoms with Crippen molar-refractivity contribution in [3.63, 3.8) is 0 Å². The first kappa shape index (κ1) is 11.1. The first-order chi connectivity index (χ1) is 8.18. The molecule has 0 bridgehead atoms. The molecule has 0 atom stereocenters. The van der Waals surface area contributed by atoms with Crippen molar-refractivity contribution in [2.75, 3.05) is 0 Å². The zero-order chi connectivity index (χ0) is 12.3. The van der Waals surface area contributed by atoms with Gasteiger partial charge in [0.05, 0.1) is 17.6 Å². The van der Waals surface area contributed by atoms with Crippen molar-refractivity contribution in [1.29, 1.82) is 0 Å². The Labute approximate surface area is 98.8 Å². The second-order valence-corrected chi connectivity index (χ2v) is 3.64. The molecule has 86 valence electrons. The molecule has 0 amide bonds. The topological polar surface area (TPSA) is 55.1 Å². The highest BCUT2D eigenvalue weighted by Crippen LogP contribution is 2.13. The summed E-state index contributed by atoms with van der Waals surface area (Å²) in [4.78, 5) is 10.8. The van der Waals surface area contributed by atoms with E-state index >= 15 is 0 Å². The standard InChI is InChI=1S/C13H12N2O2/c1-10(13(16)17)9-12-7-8-14-15(12)11-5-3-2-4-6-11/h2-9H,1H3,(H,16,17)/b10-9+. The summed E-state index contributed by atoms with van der Waals surface area (Å²) < 4.78 is 1.70. The predicted octanol–water partition coefficient (Wildman–Crippen LogP) is 2.36. The van der Waals surface area contributed by atoms with Gasteiger partial charge in [0.25, 0.3) is 0 Å². The Morgan fingerprint density at radius 2 is 2.00 bits per heavy atom. The third-order valence-electron chi connectivity index (χ3n) is 2.37. The largest absolute Gasteiger partial charge is 0.478 e. The van der Waals surface area contributed by atoms with E-state index in [1.807, 2.05) is 30.3 Å². The molecule has 2 rings (SSSR count). The van der Waals surface area contributed by atoms with Gasteiger partial charge in [-0.3, -0.25) is 0 Å². The number of aliphatic carboxylic acids is 1. The molecule has 0 aliphatic carbocycles. The lowest BCUT2D eigenvalue weighted by Gasteiger charge is -2.04. The van der Waals surface area contributed by atoms with Crippen LogP contribution >= 0.6 is 0 Å². The second-order valence-electron chi connectivity index (χ2n) is 3.64. The lowest BCUT2D eigenvalue weighted by molar-refractivity contribution is -0.132. The maximum atomic E-state index is 10.8. The SMILES string of the molecule is C/C(=C\c1ccnn1-c1ccccc1)C(=O)O. The summed E-state index contributed by atoms with van der Waals surface area (Å²) in [6, 6.07) is 11.4. The highest BCUT2D eigenvalue weighted by molar-refractivity contribution is 5.91. The van der Waals surface area contributed by atoms with Gasteiger partial charge in [-0.05, 0) is 31.2 Å². The number of nitrogens with zero attached hydrogens (tertiary/aromatic N) is 2. The molecule has 0 aliphatic rings. The number of para-hydroxylation sites is 1. The Bertz CT molecular complexity index is 556. The van der Waals surface area contributed by atoms with Crippen LogP contribution in [0.25, 0.3) is 11.8 Å². The molecule has 0 radical (unpaired) electrons. The molecule has 0 saturated carbocycles. The summed E-state index contributed by atoms with van der Waals surface area (Å²) in [5.74, 6) is -0.925. The fraction of sp³-hybridized carbons (Fsp3) is 0.0769. The Hall–Kier alpha value is -2.36. The van der Waals surface area contributed by atoms with E-state index < -0.39 is 5.97 Å².